The van der Waals surface area contributed by atoms with Crippen LogP contribution in [0.25, 0.3) is 0 Å². The molecule has 2 heteroatoms. The van der Waals surface area contributed by atoms with E-state index in [1.807, 2.05) is 6.08 Å². The number of nitrogens with one attached hydrogen (secondary N) is 1. The Morgan fingerprint density at radius 2 is 2.17 bits per heavy atom. The molecule has 0 aromatic carbocycles. The summed E-state index contributed by atoms with van der Waals surface area (Å²) >= 11 is 0. The molecule has 0 saturated heterocycles. The molecule has 0 aliphatic rings. The van der Waals surface area contributed by atoms with E-state index in [1.54, 1.807) is 0 Å². The molecule has 1 atom stereocenters. The van der Waals surface area contributed by atoms with Crippen LogP contribution in [0.4, 0.5) is 0 Å². The van der Waals surface area contributed by atoms with Crippen LogP contribution in [0.3, 0.4) is 0 Å². The van der Waals surface area contributed by atoms with Gasteiger partial charge in [0.1, 0.15) is 0 Å². The zero-order valence-corrected chi connectivity index (χ0v) is 8.21. The summed E-state index contributed by atoms with van der Waals surface area (Å²) in [7, 11) is 0. The number of unbranched alkanes of at least 4 members (excludes halogenated alkanes) is 1. The van der Waals surface area contributed by atoms with Crippen LogP contribution < -0.4 is 5.32 Å². The van der Waals surface area contributed by atoms with E-state index in [9.17, 15) is 0 Å². The second kappa shape index (κ2) is 7.32. The summed E-state index contributed by atoms with van der Waals surface area (Å²) < 4.78 is 0. The molecule has 0 saturated carbocycles. The molecule has 0 radical (unpaired) electrons. The average molecular weight is 171 g/mol. The standard InChI is InChI=1S/C10H21NO/c1-4-5-6-7-11-10(8-12)9(2)3/h4,9-12H,1,5-8H2,2-3H3/t10-/m1/s1. The molecule has 2 nitrogen and oxygen atoms in total. The minimum absolute atomic E-state index is 0.228. The minimum atomic E-state index is 0.228. The summed E-state index contributed by atoms with van der Waals surface area (Å²) in [5, 5.41) is 12.3. The number of rotatable bonds is 7. The molecular weight excluding hydrogens is 150 g/mol. The minimum Gasteiger partial charge on any atom is -0.395 e. The average Bonchev–Trinajstić information content (AvgIpc) is 2.04. The third-order valence-corrected chi connectivity index (χ3v) is 1.99. The maximum Gasteiger partial charge on any atom is 0.0587 e. The Balaban J connectivity index is 3.38. The van der Waals surface area contributed by atoms with Crippen LogP contribution in [0.15, 0.2) is 12.7 Å². The molecule has 0 fully saturated rings. The van der Waals surface area contributed by atoms with Crippen molar-refractivity contribution in [2.45, 2.75) is 32.7 Å². The van der Waals surface area contributed by atoms with Crippen LogP contribution in [0.1, 0.15) is 26.7 Å². The highest BCUT2D eigenvalue weighted by molar-refractivity contribution is 4.71. The monoisotopic (exact) mass is 171 g/mol. The normalized spacial score (nSPS) is 13.3. The number of hydrogen-bond acceptors (Lipinski definition) is 2. The van der Waals surface area contributed by atoms with Crippen molar-refractivity contribution in [2.24, 2.45) is 5.92 Å². The van der Waals surface area contributed by atoms with Gasteiger partial charge in [0.15, 0.2) is 0 Å². The Bertz CT molecular complexity index is 112. The first-order chi connectivity index (χ1) is 5.72. The van der Waals surface area contributed by atoms with Gasteiger partial charge in [-0.3, -0.25) is 0 Å². The van der Waals surface area contributed by atoms with Gasteiger partial charge in [-0.05, 0) is 25.3 Å². The predicted molar refractivity (Wildman–Crippen MR) is 53.1 cm³/mol. The maximum absolute atomic E-state index is 8.97. The van der Waals surface area contributed by atoms with Crippen molar-refractivity contribution in [1.82, 2.24) is 5.32 Å². The summed E-state index contributed by atoms with van der Waals surface area (Å²) in [4.78, 5) is 0. The van der Waals surface area contributed by atoms with E-state index in [2.05, 4.69) is 25.7 Å². The SMILES string of the molecule is C=CCCCN[C@H](CO)C(C)C. The van der Waals surface area contributed by atoms with E-state index < -0.39 is 0 Å². The van der Waals surface area contributed by atoms with Crippen molar-refractivity contribution in [2.75, 3.05) is 13.2 Å². The fourth-order valence-corrected chi connectivity index (χ4v) is 1.04. The van der Waals surface area contributed by atoms with Crippen molar-refractivity contribution >= 4 is 0 Å². The first-order valence-corrected chi connectivity index (χ1v) is 4.67. The number of allylic oxidation sites excluding steroid dienone is 1. The lowest BCUT2D eigenvalue weighted by atomic mass is 10.1. The van der Waals surface area contributed by atoms with E-state index in [-0.39, 0.29) is 12.6 Å². The molecule has 0 aliphatic heterocycles. The number of hydrogen-bond donors (Lipinski definition) is 2. The summed E-state index contributed by atoms with van der Waals surface area (Å²) in [6, 6.07) is 0.245. The van der Waals surface area contributed by atoms with Gasteiger partial charge in [-0.15, -0.1) is 6.58 Å². The topological polar surface area (TPSA) is 32.3 Å². The molecule has 0 aliphatic carbocycles. The van der Waals surface area contributed by atoms with Crippen LogP contribution in [0.2, 0.25) is 0 Å². The number of aliphatic hydroxyl groups excluding tert-OH is 1. The molecule has 0 spiro atoms. The fourth-order valence-electron chi connectivity index (χ4n) is 1.04. The Morgan fingerprint density at radius 1 is 1.50 bits per heavy atom. The molecule has 0 rings (SSSR count). The van der Waals surface area contributed by atoms with E-state index in [0.29, 0.717) is 5.92 Å². The zero-order chi connectivity index (χ0) is 9.40. The predicted octanol–water partition coefficient (Wildman–Crippen LogP) is 1.56. The summed E-state index contributed by atoms with van der Waals surface area (Å²) in [5.74, 6) is 0.499. The van der Waals surface area contributed by atoms with Crippen LogP contribution in [-0.2, 0) is 0 Å². The quantitative estimate of drug-likeness (QED) is 0.450. The first kappa shape index (κ1) is 11.7. The highest BCUT2D eigenvalue weighted by Crippen LogP contribution is 2.00. The Labute approximate surface area is 75.7 Å². The highest BCUT2D eigenvalue weighted by Gasteiger charge is 2.09. The molecule has 0 heterocycles. The van der Waals surface area contributed by atoms with Gasteiger partial charge in [0, 0.05) is 6.04 Å². The van der Waals surface area contributed by atoms with Gasteiger partial charge in [-0.2, -0.15) is 0 Å². The van der Waals surface area contributed by atoms with Gasteiger partial charge in [0.2, 0.25) is 0 Å². The van der Waals surface area contributed by atoms with E-state index in [4.69, 9.17) is 5.11 Å². The lowest BCUT2D eigenvalue weighted by Crippen LogP contribution is -2.37. The van der Waals surface area contributed by atoms with Gasteiger partial charge < -0.3 is 10.4 Å². The maximum atomic E-state index is 8.97. The first-order valence-electron chi connectivity index (χ1n) is 4.67. The Kier molecular flexibility index (Phi) is 7.11. The molecule has 0 amide bonds. The van der Waals surface area contributed by atoms with Gasteiger partial charge in [0.25, 0.3) is 0 Å². The smallest absolute Gasteiger partial charge is 0.0587 e. The number of aliphatic hydroxyl groups is 1. The lowest BCUT2D eigenvalue weighted by molar-refractivity contribution is 0.211. The van der Waals surface area contributed by atoms with E-state index in [1.165, 1.54) is 0 Å². The molecular formula is C10H21NO. The molecule has 0 unspecified atom stereocenters. The van der Waals surface area contributed by atoms with E-state index >= 15 is 0 Å². The molecule has 0 bridgehead atoms. The van der Waals surface area contributed by atoms with Crippen molar-refractivity contribution in [1.29, 1.82) is 0 Å². The molecule has 0 aromatic heterocycles. The largest absolute Gasteiger partial charge is 0.395 e. The van der Waals surface area contributed by atoms with Gasteiger partial charge in [0.05, 0.1) is 6.61 Å². The van der Waals surface area contributed by atoms with Crippen LogP contribution >= 0.6 is 0 Å². The van der Waals surface area contributed by atoms with Gasteiger partial charge in [-0.25, -0.2) is 0 Å². The Morgan fingerprint density at radius 3 is 2.58 bits per heavy atom. The van der Waals surface area contributed by atoms with Crippen molar-refractivity contribution in [3.05, 3.63) is 12.7 Å². The molecule has 72 valence electrons. The van der Waals surface area contributed by atoms with E-state index in [0.717, 1.165) is 19.4 Å². The van der Waals surface area contributed by atoms with Crippen molar-refractivity contribution in [3.8, 4) is 0 Å². The highest BCUT2D eigenvalue weighted by atomic mass is 16.3. The van der Waals surface area contributed by atoms with Gasteiger partial charge in [-0.1, -0.05) is 19.9 Å². The van der Waals surface area contributed by atoms with Crippen LogP contribution in [0.5, 0.6) is 0 Å². The molecule has 12 heavy (non-hydrogen) atoms. The summed E-state index contributed by atoms with van der Waals surface area (Å²) in [6.45, 7) is 9.08. The Hall–Kier alpha value is -0.340. The molecule has 0 aromatic rings. The van der Waals surface area contributed by atoms with Crippen LogP contribution in [-0.4, -0.2) is 24.3 Å². The second-order valence-corrected chi connectivity index (χ2v) is 3.42. The fraction of sp³-hybridized carbons (Fsp3) is 0.800. The third-order valence-electron chi connectivity index (χ3n) is 1.99. The van der Waals surface area contributed by atoms with Crippen molar-refractivity contribution < 1.29 is 5.11 Å². The van der Waals surface area contributed by atoms with Crippen LogP contribution in [0, 0.1) is 5.92 Å². The zero-order valence-electron chi connectivity index (χ0n) is 8.21. The lowest BCUT2D eigenvalue weighted by Gasteiger charge is -2.19. The second-order valence-electron chi connectivity index (χ2n) is 3.42. The van der Waals surface area contributed by atoms with Gasteiger partial charge >= 0.3 is 0 Å². The van der Waals surface area contributed by atoms with Crippen molar-refractivity contribution in [3.63, 3.8) is 0 Å². The third kappa shape index (κ3) is 5.33. The summed E-state index contributed by atoms with van der Waals surface area (Å²) in [6.07, 6.45) is 4.07. The summed E-state index contributed by atoms with van der Waals surface area (Å²) in [5.41, 5.74) is 0. The molecule has 2 N–H and O–H groups in total.